The topological polar surface area (TPSA) is 18.5 Å². The fourth-order valence-electron chi connectivity index (χ4n) is 5.67. The zero-order chi connectivity index (χ0) is 15.7. The molecule has 0 fully saturated rings. The fraction of sp³-hybridized carbons (Fsp3) is 0.500. The van der Waals surface area contributed by atoms with Crippen LogP contribution in [0.15, 0.2) is 24.3 Å². The number of hydrogen-bond acceptors (Lipinski definition) is 2. The number of rotatable bonds is 0. The maximum Gasteiger partial charge on any atom is 0.111 e. The van der Waals surface area contributed by atoms with Crippen molar-refractivity contribution in [3.63, 3.8) is 0 Å². The Kier molecular flexibility index (Phi) is 1.86. The molecule has 0 aromatic heterocycles. The first kappa shape index (κ1) is 13.1. The highest BCUT2D eigenvalue weighted by atomic mass is 16.5. The van der Waals surface area contributed by atoms with Crippen molar-refractivity contribution in [3.05, 3.63) is 57.7 Å². The molecule has 4 atom stereocenters. The van der Waals surface area contributed by atoms with Gasteiger partial charge in [-0.15, -0.1) is 0 Å². The van der Waals surface area contributed by atoms with Gasteiger partial charge in [0.05, 0.1) is 0 Å². The van der Waals surface area contributed by atoms with E-state index < -0.39 is 0 Å². The molecule has 0 N–H and O–H groups in total. The largest absolute Gasteiger partial charge is 0.351 e. The van der Waals surface area contributed by atoms with Crippen LogP contribution in [0, 0.1) is 13.8 Å². The van der Waals surface area contributed by atoms with E-state index in [4.69, 9.17) is 9.47 Å². The Hall–Kier alpha value is -1.38. The van der Waals surface area contributed by atoms with E-state index in [1.54, 1.807) is 0 Å². The lowest BCUT2D eigenvalue weighted by atomic mass is 9.70. The Labute approximate surface area is 131 Å². The van der Waals surface area contributed by atoms with Crippen molar-refractivity contribution < 1.29 is 9.47 Å². The summed E-state index contributed by atoms with van der Waals surface area (Å²) in [7, 11) is 0. The molecule has 0 aliphatic carbocycles. The summed E-state index contributed by atoms with van der Waals surface area (Å²) in [6, 6.07) is 0. The van der Waals surface area contributed by atoms with Gasteiger partial charge in [-0.25, -0.2) is 0 Å². The fourth-order valence-corrected chi connectivity index (χ4v) is 5.67. The lowest BCUT2D eigenvalue weighted by molar-refractivity contribution is -0.0537. The second-order valence-electron chi connectivity index (χ2n) is 8.05. The minimum Gasteiger partial charge on any atom is -0.351 e. The van der Waals surface area contributed by atoms with Crippen molar-refractivity contribution in [2.45, 2.75) is 63.9 Å². The number of benzene rings is 1. The third kappa shape index (κ3) is 1.10. The summed E-state index contributed by atoms with van der Waals surface area (Å²) in [5.41, 5.74) is 6.97. The molecule has 1 aromatic rings. The van der Waals surface area contributed by atoms with E-state index in [0.717, 1.165) is 0 Å². The minimum atomic E-state index is -0.295. The van der Waals surface area contributed by atoms with Crippen LogP contribution in [0.1, 0.15) is 61.1 Å². The van der Waals surface area contributed by atoms with Crippen LogP contribution in [0.3, 0.4) is 0 Å². The van der Waals surface area contributed by atoms with Crippen LogP contribution in [0.2, 0.25) is 0 Å². The zero-order valence-corrected chi connectivity index (χ0v) is 14.1. The highest BCUT2D eigenvalue weighted by Gasteiger charge is 2.58. The average Bonchev–Trinajstić information content (AvgIpc) is 3.04. The van der Waals surface area contributed by atoms with E-state index in [2.05, 4.69) is 65.8 Å². The number of fused-ring (bicyclic) bond motifs is 10. The maximum atomic E-state index is 6.44. The third-order valence-corrected chi connectivity index (χ3v) is 6.27. The van der Waals surface area contributed by atoms with Crippen LogP contribution >= 0.6 is 0 Å². The molecule has 0 saturated heterocycles. The van der Waals surface area contributed by atoms with Gasteiger partial charge in [0.25, 0.3) is 0 Å². The molecule has 0 unspecified atom stereocenters. The van der Waals surface area contributed by atoms with Gasteiger partial charge in [0.2, 0.25) is 0 Å². The third-order valence-electron chi connectivity index (χ3n) is 6.27. The highest BCUT2D eigenvalue weighted by Crippen LogP contribution is 2.63. The Balaban J connectivity index is 1.97. The molecule has 0 saturated carbocycles. The van der Waals surface area contributed by atoms with E-state index in [-0.39, 0.29) is 22.4 Å². The van der Waals surface area contributed by atoms with Crippen LogP contribution in [0.5, 0.6) is 0 Å². The van der Waals surface area contributed by atoms with E-state index in [1.165, 1.54) is 33.4 Å². The summed E-state index contributed by atoms with van der Waals surface area (Å²) in [6.07, 6.45) is 8.90. The summed E-state index contributed by atoms with van der Waals surface area (Å²) in [4.78, 5) is 0. The Morgan fingerprint density at radius 3 is 1.00 bits per heavy atom. The predicted octanol–water partition coefficient (Wildman–Crippen LogP) is 4.36. The van der Waals surface area contributed by atoms with Gasteiger partial charge in [0.15, 0.2) is 0 Å². The van der Waals surface area contributed by atoms with Gasteiger partial charge in [0.1, 0.15) is 22.4 Å². The highest BCUT2D eigenvalue weighted by molar-refractivity contribution is 5.67. The van der Waals surface area contributed by atoms with E-state index in [0.29, 0.717) is 0 Å². The molecule has 114 valence electrons. The summed E-state index contributed by atoms with van der Waals surface area (Å²) in [5, 5.41) is 0. The number of hydrogen-bond donors (Lipinski definition) is 0. The lowest BCUT2D eigenvalue weighted by Crippen LogP contribution is -2.24. The molecule has 0 spiro atoms. The summed E-state index contributed by atoms with van der Waals surface area (Å²) in [5.74, 6) is 0. The van der Waals surface area contributed by atoms with Crippen molar-refractivity contribution in [1.29, 1.82) is 0 Å². The Morgan fingerprint density at radius 2 is 0.773 bits per heavy atom. The molecule has 1 aromatic carbocycles. The summed E-state index contributed by atoms with van der Waals surface area (Å²) >= 11 is 0. The second kappa shape index (κ2) is 3.13. The van der Waals surface area contributed by atoms with Gasteiger partial charge < -0.3 is 9.47 Å². The lowest BCUT2D eigenvalue weighted by Gasteiger charge is -2.30. The van der Waals surface area contributed by atoms with Crippen LogP contribution in [-0.4, -0.2) is 0 Å². The molecular formula is C20H22O2. The zero-order valence-electron chi connectivity index (χ0n) is 14.1. The van der Waals surface area contributed by atoms with Gasteiger partial charge >= 0.3 is 0 Å². The van der Waals surface area contributed by atoms with Crippen molar-refractivity contribution in [2.75, 3.05) is 0 Å². The van der Waals surface area contributed by atoms with Gasteiger partial charge in [0, 0.05) is 0 Å². The van der Waals surface area contributed by atoms with Crippen LogP contribution in [-0.2, 0) is 31.9 Å². The van der Waals surface area contributed by atoms with Gasteiger partial charge in [-0.1, -0.05) is 0 Å². The van der Waals surface area contributed by atoms with Crippen LogP contribution in [0.4, 0.5) is 0 Å². The van der Waals surface area contributed by atoms with Gasteiger partial charge in [-0.05, 0) is 99.2 Å². The second-order valence-corrected chi connectivity index (χ2v) is 8.05. The summed E-state index contributed by atoms with van der Waals surface area (Å²) < 4.78 is 12.9. The summed E-state index contributed by atoms with van der Waals surface area (Å²) in [6.45, 7) is 13.2. The van der Waals surface area contributed by atoms with Crippen molar-refractivity contribution in [2.24, 2.45) is 0 Å². The van der Waals surface area contributed by atoms with Crippen LogP contribution in [0.25, 0.3) is 0 Å². The molecule has 4 bridgehead atoms. The van der Waals surface area contributed by atoms with Crippen molar-refractivity contribution in [1.82, 2.24) is 0 Å². The van der Waals surface area contributed by atoms with Gasteiger partial charge in [-0.3, -0.25) is 0 Å². The molecule has 0 radical (unpaired) electrons. The molecule has 4 aliphatic heterocycles. The molecule has 2 heteroatoms. The minimum absolute atomic E-state index is 0.295. The monoisotopic (exact) mass is 294 g/mol. The molecule has 5 rings (SSSR count). The van der Waals surface area contributed by atoms with Crippen molar-refractivity contribution in [3.8, 4) is 0 Å². The normalized spacial score (nSPS) is 45.7. The van der Waals surface area contributed by atoms with E-state index in [1.807, 2.05) is 0 Å². The Morgan fingerprint density at radius 1 is 0.545 bits per heavy atom. The Bertz CT molecular complexity index is 703. The smallest absolute Gasteiger partial charge is 0.111 e. The quantitative estimate of drug-likeness (QED) is 0.662. The standard InChI is InChI=1S/C20H22O2/c1-11-13-15(19(5)9-7-17(13,3)21-19)12(2)16-14(11)18(4)8-10-20(16,6)22-18/h7-10H,1-6H3/t17-,18-,19-,20+/m0/s1. The first-order chi connectivity index (χ1) is 10.1. The first-order valence-corrected chi connectivity index (χ1v) is 8.14. The van der Waals surface area contributed by atoms with Gasteiger partial charge in [-0.2, -0.15) is 0 Å². The van der Waals surface area contributed by atoms with Crippen LogP contribution < -0.4 is 0 Å². The maximum absolute atomic E-state index is 6.44. The van der Waals surface area contributed by atoms with Crippen molar-refractivity contribution >= 4 is 0 Å². The van der Waals surface area contributed by atoms with E-state index in [9.17, 15) is 0 Å². The first-order valence-electron chi connectivity index (χ1n) is 8.14. The molecule has 2 nitrogen and oxygen atoms in total. The SMILES string of the molecule is Cc1c2c(c(C)c3c1[C@]1(C)C=C[C@]3(C)O1)[C@]1(C)C=C[C@@]2(C)O1. The molecule has 4 heterocycles. The molecular weight excluding hydrogens is 272 g/mol. The molecule has 0 amide bonds. The average molecular weight is 294 g/mol. The van der Waals surface area contributed by atoms with E-state index >= 15 is 0 Å². The number of ether oxygens (including phenoxy) is 2. The molecule has 22 heavy (non-hydrogen) atoms. The predicted molar refractivity (Wildman–Crippen MR) is 85.8 cm³/mol. The molecule has 4 aliphatic rings.